The van der Waals surface area contributed by atoms with Crippen LogP contribution in [0.15, 0.2) is 54.2 Å². The second kappa shape index (κ2) is 8.55. The number of carbonyl (C=O) groups excluding carboxylic acids is 1. The fourth-order valence-electron chi connectivity index (χ4n) is 2.27. The van der Waals surface area contributed by atoms with Gasteiger partial charge < -0.3 is 15.4 Å². The molecule has 5 heteroatoms. The minimum absolute atomic E-state index is 0.00569. The average Bonchev–Trinajstić information content (AvgIpc) is 2.59. The zero-order valence-corrected chi connectivity index (χ0v) is 14.6. The Labute approximate surface area is 147 Å². The molecule has 0 saturated carbocycles. The first-order valence-electron chi connectivity index (χ1n) is 8.01. The van der Waals surface area contributed by atoms with Crippen LogP contribution in [0.3, 0.4) is 0 Å². The van der Waals surface area contributed by atoms with Crippen molar-refractivity contribution in [3.8, 4) is 11.8 Å². The Morgan fingerprint density at radius 1 is 1.20 bits per heavy atom. The van der Waals surface area contributed by atoms with Crippen molar-refractivity contribution in [2.75, 3.05) is 17.2 Å². The summed E-state index contributed by atoms with van der Waals surface area (Å²) in [6, 6.07) is 14.8. The number of nitrogens with one attached hydrogen (secondary N) is 2. The number of carbonyl (C=O) groups is 1. The fourth-order valence-corrected chi connectivity index (χ4v) is 2.27. The molecule has 5 nitrogen and oxygen atoms in total. The van der Waals surface area contributed by atoms with Crippen LogP contribution in [-0.2, 0) is 4.79 Å². The Morgan fingerprint density at radius 3 is 2.52 bits per heavy atom. The van der Waals surface area contributed by atoms with E-state index in [1.807, 2.05) is 45.0 Å². The van der Waals surface area contributed by atoms with E-state index < -0.39 is 5.91 Å². The molecule has 128 valence electrons. The van der Waals surface area contributed by atoms with Gasteiger partial charge in [-0.25, -0.2) is 0 Å². The number of amides is 1. The van der Waals surface area contributed by atoms with Gasteiger partial charge in [-0.2, -0.15) is 5.26 Å². The molecule has 0 atom stereocenters. The SMILES string of the molecule is CCOc1ccc(NC(=O)/C(C#N)=C\Nc2ccc(C)cc2C)cc1. The molecule has 2 rings (SSSR count). The highest BCUT2D eigenvalue weighted by Crippen LogP contribution is 2.18. The normalized spacial score (nSPS) is 10.7. The van der Waals surface area contributed by atoms with Crippen LogP contribution in [0, 0.1) is 25.2 Å². The number of rotatable bonds is 6. The van der Waals surface area contributed by atoms with Crippen LogP contribution in [-0.4, -0.2) is 12.5 Å². The lowest BCUT2D eigenvalue weighted by Crippen LogP contribution is -2.14. The van der Waals surface area contributed by atoms with Gasteiger partial charge in [0, 0.05) is 17.6 Å². The molecular weight excluding hydrogens is 314 g/mol. The maximum atomic E-state index is 12.2. The summed E-state index contributed by atoms with van der Waals surface area (Å²) in [7, 11) is 0. The number of anilines is 2. The van der Waals surface area contributed by atoms with E-state index in [0.29, 0.717) is 12.3 Å². The Kier molecular flexibility index (Phi) is 6.19. The number of benzene rings is 2. The lowest BCUT2D eigenvalue weighted by atomic mass is 10.1. The molecule has 25 heavy (non-hydrogen) atoms. The van der Waals surface area contributed by atoms with E-state index in [4.69, 9.17) is 4.74 Å². The zero-order valence-electron chi connectivity index (χ0n) is 14.6. The summed E-state index contributed by atoms with van der Waals surface area (Å²) in [5.41, 5.74) is 3.64. The lowest BCUT2D eigenvalue weighted by molar-refractivity contribution is -0.112. The quantitative estimate of drug-likeness (QED) is 0.614. The highest BCUT2D eigenvalue weighted by molar-refractivity contribution is 6.06. The minimum Gasteiger partial charge on any atom is -0.494 e. The molecule has 0 aliphatic rings. The summed E-state index contributed by atoms with van der Waals surface area (Å²) in [5.74, 6) is 0.261. The number of hydrogen-bond donors (Lipinski definition) is 2. The molecule has 0 spiro atoms. The van der Waals surface area contributed by atoms with Crippen molar-refractivity contribution in [2.45, 2.75) is 20.8 Å². The first-order valence-corrected chi connectivity index (χ1v) is 8.01. The summed E-state index contributed by atoms with van der Waals surface area (Å²) < 4.78 is 5.36. The van der Waals surface area contributed by atoms with Crippen LogP contribution in [0.2, 0.25) is 0 Å². The van der Waals surface area contributed by atoms with E-state index in [1.165, 1.54) is 6.20 Å². The van der Waals surface area contributed by atoms with Crippen LogP contribution in [0.5, 0.6) is 5.75 Å². The molecule has 0 radical (unpaired) electrons. The first kappa shape index (κ1) is 18.1. The van der Waals surface area contributed by atoms with Crippen molar-refractivity contribution < 1.29 is 9.53 Å². The van der Waals surface area contributed by atoms with Gasteiger partial charge in [0.2, 0.25) is 0 Å². The maximum Gasteiger partial charge on any atom is 0.267 e. The highest BCUT2D eigenvalue weighted by Gasteiger charge is 2.09. The lowest BCUT2D eigenvalue weighted by Gasteiger charge is -2.08. The molecule has 0 aromatic heterocycles. The van der Waals surface area contributed by atoms with Gasteiger partial charge in [-0.15, -0.1) is 0 Å². The van der Waals surface area contributed by atoms with Gasteiger partial charge >= 0.3 is 0 Å². The average molecular weight is 335 g/mol. The van der Waals surface area contributed by atoms with E-state index in [0.717, 1.165) is 22.6 Å². The van der Waals surface area contributed by atoms with E-state index in [-0.39, 0.29) is 5.57 Å². The molecule has 0 aliphatic carbocycles. The smallest absolute Gasteiger partial charge is 0.267 e. The van der Waals surface area contributed by atoms with Crippen molar-refractivity contribution in [1.29, 1.82) is 5.26 Å². The van der Waals surface area contributed by atoms with Crippen molar-refractivity contribution in [3.63, 3.8) is 0 Å². The predicted octanol–water partition coefficient (Wildman–Crippen LogP) is 4.16. The van der Waals surface area contributed by atoms with Crippen LogP contribution in [0.25, 0.3) is 0 Å². The molecule has 0 heterocycles. The van der Waals surface area contributed by atoms with Crippen LogP contribution in [0.4, 0.5) is 11.4 Å². The third kappa shape index (κ3) is 5.11. The molecule has 2 aromatic carbocycles. The number of nitriles is 1. The second-order valence-electron chi connectivity index (χ2n) is 5.54. The highest BCUT2D eigenvalue weighted by atomic mass is 16.5. The Balaban J connectivity index is 2.06. The van der Waals surface area contributed by atoms with Crippen LogP contribution < -0.4 is 15.4 Å². The van der Waals surface area contributed by atoms with Gasteiger partial charge in [-0.3, -0.25) is 4.79 Å². The van der Waals surface area contributed by atoms with Crippen molar-refractivity contribution in [1.82, 2.24) is 0 Å². The van der Waals surface area contributed by atoms with E-state index in [2.05, 4.69) is 10.6 Å². The topological polar surface area (TPSA) is 74.1 Å². The second-order valence-corrected chi connectivity index (χ2v) is 5.54. The van der Waals surface area contributed by atoms with E-state index in [9.17, 15) is 10.1 Å². The largest absolute Gasteiger partial charge is 0.494 e. The molecule has 0 bridgehead atoms. The molecule has 0 aliphatic heterocycles. The fraction of sp³-hybridized carbons (Fsp3) is 0.200. The Hall–Kier alpha value is -3.26. The molecule has 2 N–H and O–H groups in total. The van der Waals surface area contributed by atoms with E-state index >= 15 is 0 Å². The van der Waals surface area contributed by atoms with Gasteiger partial charge in [0.25, 0.3) is 5.91 Å². The number of nitrogens with zero attached hydrogens (tertiary/aromatic N) is 1. The van der Waals surface area contributed by atoms with Gasteiger partial charge in [-0.05, 0) is 56.7 Å². The summed E-state index contributed by atoms with van der Waals surface area (Å²) in [6.07, 6.45) is 1.42. The van der Waals surface area contributed by atoms with Crippen LogP contribution in [0.1, 0.15) is 18.1 Å². The zero-order chi connectivity index (χ0) is 18.2. The molecule has 0 unspecified atom stereocenters. The monoisotopic (exact) mass is 335 g/mol. The first-order chi connectivity index (χ1) is 12.0. The summed E-state index contributed by atoms with van der Waals surface area (Å²) in [4.78, 5) is 12.2. The van der Waals surface area contributed by atoms with Crippen LogP contribution >= 0.6 is 0 Å². The molecule has 0 saturated heterocycles. The standard InChI is InChI=1S/C20H21N3O2/c1-4-25-18-8-6-17(7-9-18)23-20(24)16(12-21)13-22-19-10-5-14(2)11-15(19)3/h5-11,13,22H,4H2,1-3H3,(H,23,24)/b16-13-. The summed E-state index contributed by atoms with van der Waals surface area (Å²) >= 11 is 0. The molecular formula is C20H21N3O2. The van der Waals surface area contributed by atoms with E-state index in [1.54, 1.807) is 24.3 Å². The molecule has 2 aromatic rings. The van der Waals surface area contributed by atoms with Crippen molar-refractivity contribution >= 4 is 17.3 Å². The van der Waals surface area contributed by atoms with Crippen molar-refractivity contribution in [2.24, 2.45) is 0 Å². The third-order valence-electron chi connectivity index (χ3n) is 3.54. The Morgan fingerprint density at radius 2 is 1.92 bits per heavy atom. The van der Waals surface area contributed by atoms with Gasteiger partial charge in [0.05, 0.1) is 6.61 Å². The maximum absolute atomic E-state index is 12.2. The van der Waals surface area contributed by atoms with Crippen molar-refractivity contribution in [3.05, 3.63) is 65.4 Å². The summed E-state index contributed by atoms with van der Waals surface area (Å²) in [5, 5.41) is 15.0. The molecule has 1 amide bonds. The van der Waals surface area contributed by atoms with Gasteiger partial charge in [0.1, 0.15) is 17.4 Å². The summed E-state index contributed by atoms with van der Waals surface area (Å²) in [6.45, 7) is 6.46. The molecule has 0 fully saturated rings. The predicted molar refractivity (Wildman–Crippen MR) is 99.5 cm³/mol. The number of ether oxygens (including phenoxy) is 1. The minimum atomic E-state index is -0.469. The Bertz CT molecular complexity index is 818. The third-order valence-corrected chi connectivity index (χ3v) is 3.54. The van der Waals surface area contributed by atoms with Gasteiger partial charge in [0.15, 0.2) is 0 Å². The number of aryl methyl sites for hydroxylation is 2. The van der Waals surface area contributed by atoms with Gasteiger partial charge in [-0.1, -0.05) is 17.7 Å². The number of hydrogen-bond acceptors (Lipinski definition) is 4.